The third kappa shape index (κ3) is 4.53. The van der Waals surface area contributed by atoms with E-state index in [1.165, 1.54) is 6.92 Å². The van der Waals surface area contributed by atoms with Crippen LogP contribution in [0.25, 0.3) is 0 Å². The Bertz CT molecular complexity index is 491. The summed E-state index contributed by atoms with van der Waals surface area (Å²) in [5, 5.41) is 2.55. The molecule has 0 aliphatic carbocycles. The van der Waals surface area contributed by atoms with E-state index >= 15 is 0 Å². The minimum Gasteiger partial charge on any atom is -0.355 e. The van der Waals surface area contributed by atoms with Crippen molar-refractivity contribution < 1.29 is 13.6 Å². The van der Waals surface area contributed by atoms with Crippen LogP contribution in [-0.4, -0.2) is 12.5 Å². The summed E-state index contributed by atoms with van der Waals surface area (Å²) in [6.07, 6.45) is 0.386. The summed E-state index contributed by atoms with van der Waals surface area (Å²) in [7, 11) is 0. The van der Waals surface area contributed by atoms with Crippen LogP contribution >= 0.6 is 15.9 Å². The minimum atomic E-state index is -0.578. The molecule has 0 saturated heterocycles. The molecule has 90 valence electrons. The summed E-state index contributed by atoms with van der Waals surface area (Å²) in [6, 6.07) is 2.07. The van der Waals surface area contributed by atoms with Gasteiger partial charge in [0.2, 0.25) is 5.91 Å². The molecule has 1 aromatic rings. The number of carbonyl (C=O) groups is 1. The van der Waals surface area contributed by atoms with E-state index in [1.54, 1.807) is 0 Å². The highest BCUT2D eigenvalue weighted by atomic mass is 79.9. The van der Waals surface area contributed by atoms with Crippen molar-refractivity contribution in [1.82, 2.24) is 5.32 Å². The molecule has 0 spiro atoms. The van der Waals surface area contributed by atoms with Crippen molar-refractivity contribution in [3.05, 3.63) is 33.8 Å². The standard InChI is InChI=1S/C12H10BrF2NO/c1-8(17)16-5-3-2-4-9-6-12(15)10(13)7-11(9)14/h6-7H,3,5H2,1H3,(H,16,17). The average molecular weight is 302 g/mol. The third-order valence-corrected chi connectivity index (χ3v) is 2.46. The van der Waals surface area contributed by atoms with Crippen molar-refractivity contribution in [1.29, 1.82) is 0 Å². The zero-order valence-electron chi connectivity index (χ0n) is 9.11. The summed E-state index contributed by atoms with van der Waals surface area (Å²) < 4.78 is 26.5. The Hall–Kier alpha value is -1.41. The molecule has 1 amide bonds. The van der Waals surface area contributed by atoms with E-state index in [0.717, 1.165) is 12.1 Å². The van der Waals surface area contributed by atoms with E-state index in [0.29, 0.717) is 13.0 Å². The lowest BCUT2D eigenvalue weighted by atomic mass is 10.2. The normalized spacial score (nSPS) is 9.41. The molecule has 0 saturated carbocycles. The predicted octanol–water partition coefficient (Wildman–Crippen LogP) is 2.61. The number of amides is 1. The highest BCUT2D eigenvalue weighted by molar-refractivity contribution is 9.10. The quantitative estimate of drug-likeness (QED) is 0.508. The molecule has 1 rings (SSSR count). The molecule has 0 heterocycles. The highest BCUT2D eigenvalue weighted by Crippen LogP contribution is 2.19. The molecule has 0 bridgehead atoms. The Labute approximate surface area is 107 Å². The van der Waals surface area contributed by atoms with Crippen LogP contribution in [0.15, 0.2) is 16.6 Å². The lowest BCUT2D eigenvalue weighted by Gasteiger charge is -1.98. The number of hydrogen-bond donors (Lipinski definition) is 1. The van der Waals surface area contributed by atoms with E-state index < -0.39 is 11.6 Å². The number of rotatable bonds is 2. The molecule has 17 heavy (non-hydrogen) atoms. The fourth-order valence-electron chi connectivity index (χ4n) is 1.08. The van der Waals surface area contributed by atoms with Crippen LogP contribution in [0, 0.1) is 23.5 Å². The van der Waals surface area contributed by atoms with Crippen molar-refractivity contribution in [2.45, 2.75) is 13.3 Å². The van der Waals surface area contributed by atoms with Crippen molar-refractivity contribution >= 4 is 21.8 Å². The van der Waals surface area contributed by atoms with E-state index in [1.807, 2.05) is 0 Å². The fraction of sp³-hybridized carbons (Fsp3) is 0.250. The minimum absolute atomic E-state index is 0.00789. The molecule has 0 aliphatic heterocycles. The first-order valence-corrected chi connectivity index (χ1v) is 5.68. The van der Waals surface area contributed by atoms with Gasteiger partial charge in [0.15, 0.2) is 0 Å². The van der Waals surface area contributed by atoms with Crippen molar-refractivity contribution in [3.8, 4) is 11.8 Å². The topological polar surface area (TPSA) is 29.1 Å². The van der Waals surface area contributed by atoms with Gasteiger partial charge in [-0.1, -0.05) is 11.8 Å². The molecule has 2 nitrogen and oxygen atoms in total. The first-order valence-electron chi connectivity index (χ1n) is 4.88. The maximum absolute atomic E-state index is 13.3. The number of hydrogen-bond acceptors (Lipinski definition) is 1. The Morgan fingerprint density at radius 2 is 2.12 bits per heavy atom. The molecular formula is C12H10BrF2NO. The fourth-order valence-corrected chi connectivity index (χ4v) is 1.39. The highest BCUT2D eigenvalue weighted by Gasteiger charge is 2.05. The monoisotopic (exact) mass is 301 g/mol. The molecule has 0 unspecified atom stereocenters. The van der Waals surface area contributed by atoms with Gasteiger partial charge in [0.1, 0.15) is 11.6 Å². The second-order valence-electron chi connectivity index (χ2n) is 3.28. The summed E-state index contributed by atoms with van der Waals surface area (Å²) in [4.78, 5) is 10.5. The third-order valence-electron chi connectivity index (χ3n) is 1.86. The number of nitrogens with one attached hydrogen (secondary N) is 1. The summed E-state index contributed by atoms with van der Waals surface area (Å²) in [5.41, 5.74) is 0.00789. The second-order valence-corrected chi connectivity index (χ2v) is 4.14. The van der Waals surface area contributed by atoms with Crippen LogP contribution < -0.4 is 5.32 Å². The van der Waals surface area contributed by atoms with Crippen LogP contribution in [0.1, 0.15) is 18.9 Å². The second kappa shape index (κ2) is 6.36. The van der Waals surface area contributed by atoms with Crippen molar-refractivity contribution in [2.75, 3.05) is 6.54 Å². The Morgan fingerprint density at radius 3 is 2.76 bits per heavy atom. The SMILES string of the molecule is CC(=O)NCCC#Cc1cc(F)c(Br)cc1F. The molecule has 0 radical (unpaired) electrons. The number of carbonyl (C=O) groups excluding carboxylic acids is 1. The van der Waals surface area contributed by atoms with Gasteiger partial charge in [0.05, 0.1) is 10.0 Å². The van der Waals surface area contributed by atoms with Gasteiger partial charge in [-0.05, 0) is 28.1 Å². The van der Waals surface area contributed by atoms with Gasteiger partial charge in [0, 0.05) is 19.9 Å². The lowest BCUT2D eigenvalue weighted by Crippen LogP contribution is -2.20. The molecule has 5 heteroatoms. The van der Waals surface area contributed by atoms with Crippen LogP contribution in [-0.2, 0) is 4.79 Å². The predicted molar refractivity (Wildman–Crippen MR) is 64.2 cm³/mol. The molecule has 1 aromatic carbocycles. The maximum atomic E-state index is 13.3. The number of halogens is 3. The van der Waals surface area contributed by atoms with Gasteiger partial charge in [-0.3, -0.25) is 4.79 Å². The van der Waals surface area contributed by atoms with Crippen molar-refractivity contribution in [3.63, 3.8) is 0 Å². The van der Waals surface area contributed by atoms with Gasteiger partial charge in [-0.15, -0.1) is 0 Å². The molecule has 1 N–H and O–H groups in total. The molecule has 0 aliphatic rings. The summed E-state index contributed by atoms with van der Waals surface area (Å²) >= 11 is 2.88. The van der Waals surface area contributed by atoms with E-state index in [-0.39, 0.29) is 15.9 Å². The number of benzene rings is 1. The Morgan fingerprint density at radius 1 is 1.41 bits per heavy atom. The van der Waals surface area contributed by atoms with Crippen LogP contribution in [0.2, 0.25) is 0 Å². The Kier molecular flexibility index (Phi) is 5.11. The zero-order valence-corrected chi connectivity index (χ0v) is 10.7. The molecule has 0 aromatic heterocycles. The zero-order chi connectivity index (χ0) is 12.8. The molecule has 0 atom stereocenters. The average Bonchev–Trinajstić information content (AvgIpc) is 2.24. The lowest BCUT2D eigenvalue weighted by molar-refractivity contribution is -0.118. The largest absolute Gasteiger partial charge is 0.355 e. The van der Waals surface area contributed by atoms with E-state index in [9.17, 15) is 13.6 Å². The van der Waals surface area contributed by atoms with Gasteiger partial charge < -0.3 is 5.32 Å². The summed E-state index contributed by atoms with van der Waals surface area (Å²) in [6.45, 7) is 1.79. The van der Waals surface area contributed by atoms with Crippen LogP contribution in [0.4, 0.5) is 8.78 Å². The van der Waals surface area contributed by atoms with Crippen LogP contribution in [0.3, 0.4) is 0 Å². The Balaban J connectivity index is 2.66. The van der Waals surface area contributed by atoms with Gasteiger partial charge in [0.25, 0.3) is 0 Å². The summed E-state index contributed by atoms with van der Waals surface area (Å²) in [5.74, 6) is 3.89. The first kappa shape index (κ1) is 13.7. The first-order chi connectivity index (χ1) is 8.00. The van der Waals surface area contributed by atoms with E-state index in [4.69, 9.17) is 0 Å². The smallest absolute Gasteiger partial charge is 0.216 e. The van der Waals surface area contributed by atoms with Gasteiger partial charge in [-0.2, -0.15) is 0 Å². The van der Waals surface area contributed by atoms with E-state index in [2.05, 4.69) is 33.1 Å². The van der Waals surface area contributed by atoms with Gasteiger partial charge in [-0.25, -0.2) is 8.78 Å². The molecular weight excluding hydrogens is 292 g/mol. The van der Waals surface area contributed by atoms with Gasteiger partial charge >= 0.3 is 0 Å². The van der Waals surface area contributed by atoms with Crippen molar-refractivity contribution in [2.24, 2.45) is 0 Å². The van der Waals surface area contributed by atoms with Crippen LogP contribution in [0.5, 0.6) is 0 Å². The maximum Gasteiger partial charge on any atom is 0.216 e. The molecule has 0 fully saturated rings.